The van der Waals surface area contributed by atoms with E-state index in [0.29, 0.717) is 41.2 Å². The molecule has 1 aliphatic rings. The molecule has 0 fully saturated rings. The maximum Gasteiger partial charge on any atom is 0.252 e. The molecule has 5 rings (SSSR count). The van der Waals surface area contributed by atoms with Crippen molar-refractivity contribution >= 4 is 23.6 Å². The molecule has 2 atom stereocenters. The van der Waals surface area contributed by atoms with E-state index in [2.05, 4.69) is 15.3 Å². The van der Waals surface area contributed by atoms with Gasteiger partial charge in [-0.05, 0) is 53.1 Å². The molecule has 0 unspecified atom stereocenters. The van der Waals surface area contributed by atoms with Crippen LogP contribution in [0.4, 0.5) is 10.1 Å². The van der Waals surface area contributed by atoms with Crippen molar-refractivity contribution in [2.24, 2.45) is 10.1 Å². The van der Waals surface area contributed by atoms with Gasteiger partial charge in [-0.15, -0.1) is 0 Å². The van der Waals surface area contributed by atoms with Crippen molar-refractivity contribution < 1.29 is 23.8 Å². The van der Waals surface area contributed by atoms with Crippen LogP contribution in [0.15, 0.2) is 119 Å². The quantitative estimate of drug-likeness (QED) is 0.0722. The second kappa shape index (κ2) is 14.8. The summed E-state index contributed by atoms with van der Waals surface area (Å²) in [5.74, 6) is 0.0719. The smallest absolute Gasteiger partial charge is 0.252 e. The zero-order valence-corrected chi connectivity index (χ0v) is 24.4. The molecule has 0 aromatic heterocycles. The van der Waals surface area contributed by atoms with Gasteiger partial charge >= 0.3 is 0 Å². The van der Waals surface area contributed by atoms with Gasteiger partial charge < -0.3 is 19.9 Å². The Balaban J connectivity index is 1.56. The molecule has 10 heteroatoms. The average molecular weight is 606 g/mol. The molecular weight excluding hydrogens is 573 g/mol. The molecule has 0 radical (unpaired) electrons. The SMILES string of the molecule is [N-]=[N+]=Nc1ccccc1[C@H]1OC(c2ccc(OCCCO)cc2)=N[C@@]1(C/C=C/c1ccccc1)C(=O)NCc1ccc(F)cc1. The van der Waals surface area contributed by atoms with Crippen LogP contribution < -0.4 is 10.1 Å². The highest BCUT2D eigenvalue weighted by atomic mass is 19.1. The summed E-state index contributed by atoms with van der Waals surface area (Å²) >= 11 is 0. The van der Waals surface area contributed by atoms with Crippen LogP contribution in [0.25, 0.3) is 16.5 Å². The van der Waals surface area contributed by atoms with E-state index in [1.165, 1.54) is 12.1 Å². The second-order valence-electron chi connectivity index (χ2n) is 10.4. The zero-order valence-electron chi connectivity index (χ0n) is 24.4. The first kappa shape index (κ1) is 31.0. The van der Waals surface area contributed by atoms with Gasteiger partial charge in [0.15, 0.2) is 11.6 Å². The fourth-order valence-corrected chi connectivity index (χ4v) is 5.02. The van der Waals surface area contributed by atoms with Crippen LogP contribution in [0.3, 0.4) is 0 Å². The molecule has 1 aliphatic heterocycles. The van der Waals surface area contributed by atoms with E-state index in [1.54, 1.807) is 60.7 Å². The Bertz CT molecular complexity index is 1700. The van der Waals surface area contributed by atoms with Gasteiger partial charge in [-0.1, -0.05) is 84.0 Å². The minimum Gasteiger partial charge on any atom is -0.494 e. The normalized spacial score (nSPS) is 17.3. The van der Waals surface area contributed by atoms with Crippen molar-refractivity contribution in [1.82, 2.24) is 5.32 Å². The summed E-state index contributed by atoms with van der Waals surface area (Å²) in [6.07, 6.45) is 3.50. The number of carbonyl (C=O) groups is 1. The van der Waals surface area contributed by atoms with E-state index in [1.807, 2.05) is 42.5 Å². The highest BCUT2D eigenvalue weighted by molar-refractivity contribution is 6.01. The average Bonchev–Trinajstić information content (AvgIpc) is 3.46. The van der Waals surface area contributed by atoms with Gasteiger partial charge in [0.2, 0.25) is 5.90 Å². The predicted octanol–water partition coefficient (Wildman–Crippen LogP) is 7.21. The topological polar surface area (TPSA) is 129 Å². The Morgan fingerprint density at radius 1 is 1.04 bits per heavy atom. The number of amides is 1. The van der Waals surface area contributed by atoms with Crippen molar-refractivity contribution in [3.8, 4) is 5.75 Å². The van der Waals surface area contributed by atoms with Gasteiger partial charge in [0.25, 0.3) is 5.91 Å². The van der Waals surface area contributed by atoms with E-state index >= 15 is 0 Å². The Hall–Kier alpha value is -5.44. The summed E-state index contributed by atoms with van der Waals surface area (Å²) in [6.45, 7) is 0.542. The number of aliphatic hydroxyl groups is 1. The fourth-order valence-electron chi connectivity index (χ4n) is 5.02. The van der Waals surface area contributed by atoms with E-state index < -0.39 is 17.6 Å². The molecule has 1 heterocycles. The summed E-state index contributed by atoms with van der Waals surface area (Å²) in [5.41, 5.74) is 10.9. The largest absolute Gasteiger partial charge is 0.494 e. The third kappa shape index (κ3) is 7.56. The molecular formula is C35H32FN5O4. The Morgan fingerprint density at radius 3 is 2.51 bits per heavy atom. The molecule has 0 bridgehead atoms. The lowest BCUT2D eigenvalue weighted by molar-refractivity contribution is -0.129. The zero-order chi connectivity index (χ0) is 31.5. The Kier molecular flexibility index (Phi) is 10.2. The van der Waals surface area contributed by atoms with Gasteiger partial charge in [-0.25, -0.2) is 9.38 Å². The molecule has 0 spiro atoms. The lowest BCUT2D eigenvalue weighted by atomic mass is 9.83. The summed E-state index contributed by atoms with van der Waals surface area (Å²) in [4.78, 5) is 22.3. The van der Waals surface area contributed by atoms with Gasteiger partial charge in [-0.2, -0.15) is 0 Å². The minimum absolute atomic E-state index is 0.0332. The monoisotopic (exact) mass is 605 g/mol. The van der Waals surface area contributed by atoms with Crippen LogP contribution in [0.1, 0.15) is 41.2 Å². The molecule has 9 nitrogen and oxygen atoms in total. The van der Waals surface area contributed by atoms with Crippen LogP contribution in [-0.2, 0) is 16.1 Å². The number of ether oxygens (including phenoxy) is 2. The van der Waals surface area contributed by atoms with Crippen molar-refractivity contribution in [2.45, 2.75) is 31.0 Å². The van der Waals surface area contributed by atoms with Gasteiger partial charge in [0, 0.05) is 47.7 Å². The van der Waals surface area contributed by atoms with Gasteiger partial charge in [-0.3, -0.25) is 4.79 Å². The van der Waals surface area contributed by atoms with Crippen molar-refractivity contribution in [3.63, 3.8) is 0 Å². The second-order valence-corrected chi connectivity index (χ2v) is 10.4. The van der Waals surface area contributed by atoms with E-state index in [0.717, 1.165) is 5.56 Å². The maximum absolute atomic E-state index is 14.3. The highest BCUT2D eigenvalue weighted by Gasteiger charge is 2.53. The lowest BCUT2D eigenvalue weighted by Gasteiger charge is -2.30. The van der Waals surface area contributed by atoms with Gasteiger partial charge in [0.1, 0.15) is 11.6 Å². The van der Waals surface area contributed by atoms with E-state index in [4.69, 9.17) is 19.6 Å². The number of halogens is 1. The number of azide groups is 1. The van der Waals surface area contributed by atoms with Crippen LogP contribution in [0.5, 0.6) is 5.75 Å². The van der Waals surface area contributed by atoms with Crippen molar-refractivity contribution in [3.05, 3.63) is 148 Å². The molecule has 0 saturated heterocycles. The summed E-state index contributed by atoms with van der Waals surface area (Å²) in [5, 5.41) is 15.9. The standard InChI is InChI=1S/C35H32FN5O4/c36-28-17-13-26(14-18-28)24-38-34(43)35(21-6-10-25-8-2-1-3-9-25)32(30-11-4-5-12-31(30)40-41-37)45-33(39-35)27-15-19-29(20-16-27)44-23-7-22-42/h1-6,8-20,32,42H,7,21-24H2,(H,38,43)/b10-6+/t32-,35-/m1/s1. The maximum atomic E-state index is 14.3. The van der Waals surface area contributed by atoms with Crippen LogP contribution in [0.2, 0.25) is 0 Å². The number of aliphatic imine (C=N–C) groups is 1. The first-order valence-electron chi connectivity index (χ1n) is 14.5. The number of nitrogens with one attached hydrogen (secondary N) is 1. The molecule has 2 N–H and O–H groups in total. The third-order valence-electron chi connectivity index (χ3n) is 7.31. The molecule has 0 saturated carbocycles. The molecule has 4 aromatic carbocycles. The molecule has 0 aliphatic carbocycles. The summed E-state index contributed by atoms with van der Waals surface area (Å²) in [6, 6.07) is 29.6. The van der Waals surface area contributed by atoms with E-state index in [9.17, 15) is 14.7 Å². The number of carbonyl (C=O) groups excluding carboxylic acids is 1. The summed E-state index contributed by atoms with van der Waals surface area (Å²) < 4.78 is 25.7. The van der Waals surface area contributed by atoms with Crippen molar-refractivity contribution in [2.75, 3.05) is 13.2 Å². The van der Waals surface area contributed by atoms with Gasteiger partial charge in [0.05, 0.1) is 6.61 Å². The number of benzene rings is 4. The minimum atomic E-state index is -1.50. The Labute approximate surface area is 260 Å². The van der Waals surface area contributed by atoms with Crippen LogP contribution in [-0.4, -0.2) is 35.7 Å². The Morgan fingerprint density at radius 2 is 1.78 bits per heavy atom. The number of nitrogens with zero attached hydrogens (tertiary/aromatic N) is 4. The number of rotatable bonds is 13. The van der Waals surface area contributed by atoms with Crippen molar-refractivity contribution in [1.29, 1.82) is 0 Å². The molecule has 1 amide bonds. The number of hydrogen-bond acceptors (Lipinski definition) is 6. The number of hydrogen-bond donors (Lipinski definition) is 2. The molecule has 228 valence electrons. The lowest BCUT2D eigenvalue weighted by Crippen LogP contribution is -2.47. The molecule has 4 aromatic rings. The first-order chi connectivity index (χ1) is 22.0. The van der Waals surface area contributed by atoms with Crippen LogP contribution in [0, 0.1) is 5.82 Å². The third-order valence-corrected chi connectivity index (χ3v) is 7.31. The first-order valence-corrected chi connectivity index (χ1v) is 14.5. The highest BCUT2D eigenvalue weighted by Crippen LogP contribution is 2.45. The summed E-state index contributed by atoms with van der Waals surface area (Å²) in [7, 11) is 0. The van der Waals surface area contributed by atoms with E-state index in [-0.39, 0.29) is 31.3 Å². The predicted molar refractivity (Wildman–Crippen MR) is 170 cm³/mol. The van der Waals surface area contributed by atoms with Crippen LogP contribution >= 0.6 is 0 Å². The molecule has 45 heavy (non-hydrogen) atoms. The fraction of sp³-hybridized carbons (Fsp3) is 0.200. The number of aliphatic hydroxyl groups excluding tert-OH is 1.